The van der Waals surface area contributed by atoms with Gasteiger partial charge in [-0.05, 0) is 24.5 Å². The third-order valence-electron chi connectivity index (χ3n) is 5.24. The maximum atomic E-state index is 13.0. The Morgan fingerprint density at radius 2 is 1.58 bits per heavy atom. The number of ether oxygens (including phenoxy) is 1. The number of benzene rings is 2. The van der Waals surface area contributed by atoms with Crippen LogP contribution in [0.5, 0.6) is 0 Å². The van der Waals surface area contributed by atoms with Crippen LogP contribution in [0, 0.1) is 6.92 Å². The van der Waals surface area contributed by atoms with Gasteiger partial charge < -0.3 is 15.0 Å². The molecule has 3 aromatic rings. The average Bonchev–Trinajstić information content (AvgIpc) is 2.86. The van der Waals surface area contributed by atoms with E-state index in [0.29, 0.717) is 19.6 Å². The molecule has 3 rings (SSSR count). The first-order valence-electron chi connectivity index (χ1n) is 11.0. The molecule has 2 aromatic carbocycles. The van der Waals surface area contributed by atoms with Crippen LogP contribution in [0.1, 0.15) is 46.2 Å². The fraction of sp³-hybridized carbons (Fsp3) is 0.308. The lowest BCUT2D eigenvalue weighted by molar-refractivity contribution is -0.121. The number of aromatic nitrogens is 2. The van der Waals surface area contributed by atoms with Crippen LogP contribution in [-0.4, -0.2) is 53.5 Å². The number of hydrogen-bond donors (Lipinski definition) is 1. The summed E-state index contributed by atoms with van der Waals surface area (Å²) in [5, 5.41) is 3.13. The fourth-order valence-electron chi connectivity index (χ4n) is 3.50. The molecule has 0 atom stereocenters. The van der Waals surface area contributed by atoms with E-state index in [0.717, 1.165) is 16.8 Å². The monoisotopic (exact) mass is 446 g/mol. The van der Waals surface area contributed by atoms with Gasteiger partial charge in [0.05, 0.1) is 17.9 Å². The Balaban J connectivity index is 1.68. The minimum Gasteiger partial charge on any atom is -0.385 e. The van der Waals surface area contributed by atoms with Gasteiger partial charge in [-0.2, -0.15) is 0 Å². The van der Waals surface area contributed by atoms with Crippen LogP contribution in [0.2, 0.25) is 0 Å². The van der Waals surface area contributed by atoms with Gasteiger partial charge in [-0.3, -0.25) is 14.6 Å². The Labute approximate surface area is 194 Å². The summed E-state index contributed by atoms with van der Waals surface area (Å²) >= 11 is 0. The highest BCUT2D eigenvalue weighted by Gasteiger charge is 2.20. The summed E-state index contributed by atoms with van der Waals surface area (Å²) in [6.07, 6.45) is 3.88. The minimum atomic E-state index is -0.263. The van der Waals surface area contributed by atoms with Gasteiger partial charge >= 0.3 is 0 Å². The van der Waals surface area contributed by atoms with Crippen LogP contribution in [0.25, 0.3) is 0 Å². The molecule has 1 N–H and O–H groups in total. The lowest BCUT2D eigenvalue weighted by Crippen LogP contribution is -2.37. The molecule has 0 aliphatic rings. The Hall–Kier alpha value is -3.58. The number of hydrogen-bond acceptors (Lipinski definition) is 5. The van der Waals surface area contributed by atoms with Crippen LogP contribution in [0.3, 0.4) is 0 Å². The van der Waals surface area contributed by atoms with E-state index in [1.165, 1.54) is 6.20 Å². The number of nitrogens with zero attached hydrogens (tertiary/aromatic N) is 3. The second-order valence-electron chi connectivity index (χ2n) is 7.75. The number of amides is 2. The quantitative estimate of drug-likeness (QED) is 0.455. The predicted octanol–water partition coefficient (Wildman–Crippen LogP) is 3.56. The van der Waals surface area contributed by atoms with Gasteiger partial charge in [0.1, 0.15) is 5.69 Å². The zero-order valence-corrected chi connectivity index (χ0v) is 19.1. The van der Waals surface area contributed by atoms with Gasteiger partial charge in [0, 0.05) is 39.4 Å². The van der Waals surface area contributed by atoms with Gasteiger partial charge in [-0.15, -0.1) is 0 Å². The molecular formula is C26H30N4O3. The van der Waals surface area contributed by atoms with Gasteiger partial charge in [0.2, 0.25) is 5.91 Å². The van der Waals surface area contributed by atoms with Crippen molar-refractivity contribution in [1.29, 1.82) is 0 Å². The number of methoxy groups -OCH3 is 1. The highest BCUT2D eigenvalue weighted by Crippen LogP contribution is 2.21. The average molecular weight is 447 g/mol. The number of rotatable bonds is 11. The van der Waals surface area contributed by atoms with E-state index < -0.39 is 0 Å². The molecule has 1 heterocycles. The Kier molecular flexibility index (Phi) is 9.08. The molecule has 1 aromatic heterocycles. The van der Waals surface area contributed by atoms with Crippen LogP contribution in [0.4, 0.5) is 0 Å². The second kappa shape index (κ2) is 12.5. The maximum Gasteiger partial charge on any atom is 0.274 e. The highest BCUT2D eigenvalue weighted by molar-refractivity contribution is 5.92. The lowest BCUT2D eigenvalue weighted by atomic mass is 9.98. The van der Waals surface area contributed by atoms with Crippen molar-refractivity contribution in [3.8, 4) is 0 Å². The van der Waals surface area contributed by atoms with Crippen molar-refractivity contribution < 1.29 is 14.3 Å². The van der Waals surface area contributed by atoms with Crippen molar-refractivity contribution in [2.45, 2.75) is 25.8 Å². The number of carbonyl (C=O) groups excluding carboxylic acids is 2. The van der Waals surface area contributed by atoms with Gasteiger partial charge in [-0.1, -0.05) is 60.7 Å². The zero-order valence-electron chi connectivity index (χ0n) is 19.1. The van der Waals surface area contributed by atoms with E-state index in [1.54, 1.807) is 18.2 Å². The number of nitrogens with one attached hydrogen (secondary N) is 1. The third kappa shape index (κ3) is 7.22. The summed E-state index contributed by atoms with van der Waals surface area (Å²) in [6, 6.07) is 19.4. The summed E-state index contributed by atoms with van der Waals surface area (Å²) < 4.78 is 5.12. The third-order valence-corrected chi connectivity index (χ3v) is 5.24. The van der Waals surface area contributed by atoms with Gasteiger partial charge in [-0.25, -0.2) is 4.98 Å². The van der Waals surface area contributed by atoms with E-state index in [9.17, 15) is 9.59 Å². The molecule has 0 radical (unpaired) electrons. The lowest BCUT2D eigenvalue weighted by Gasteiger charge is -2.24. The summed E-state index contributed by atoms with van der Waals surface area (Å²) in [4.78, 5) is 35.9. The molecule has 0 aliphatic heterocycles. The second-order valence-corrected chi connectivity index (χ2v) is 7.75. The van der Waals surface area contributed by atoms with Crippen LogP contribution >= 0.6 is 0 Å². The summed E-state index contributed by atoms with van der Waals surface area (Å²) in [6.45, 7) is 3.09. The van der Waals surface area contributed by atoms with Crippen LogP contribution in [0.15, 0.2) is 73.1 Å². The van der Waals surface area contributed by atoms with E-state index in [1.807, 2.05) is 67.6 Å². The first kappa shape index (κ1) is 24.1. The number of aryl methyl sites for hydroxylation is 1. The summed E-state index contributed by atoms with van der Waals surface area (Å²) in [5.41, 5.74) is 3.01. The maximum absolute atomic E-state index is 13.0. The van der Waals surface area contributed by atoms with Gasteiger partial charge in [0.25, 0.3) is 5.91 Å². The SMILES string of the molecule is COCCCN(CCC(=O)NC(c1ccccc1)c1ccccc1)C(=O)c1cnc(C)cn1. The topological polar surface area (TPSA) is 84.4 Å². The smallest absolute Gasteiger partial charge is 0.274 e. The Morgan fingerprint density at radius 1 is 0.939 bits per heavy atom. The molecular weight excluding hydrogens is 416 g/mol. The molecule has 0 fully saturated rings. The minimum absolute atomic E-state index is 0.132. The highest BCUT2D eigenvalue weighted by atomic mass is 16.5. The largest absolute Gasteiger partial charge is 0.385 e. The van der Waals surface area contributed by atoms with Crippen LogP contribution in [-0.2, 0) is 9.53 Å². The molecule has 7 heteroatoms. The van der Waals surface area contributed by atoms with E-state index >= 15 is 0 Å². The fourth-order valence-corrected chi connectivity index (χ4v) is 3.50. The van der Waals surface area contributed by atoms with E-state index in [-0.39, 0.29) is 36.5 Å². The van der Waals surface area contributed by atoms with Crippen molar-refractivity contribution in [1.82, 2.24) is 20.2 Å². The first-order chi connectivity index (χ1) is 16.1. The molecule has 0 spiro atoms. The molecule has 0 saturated heterocycles. The van der Waals surface area contributed by atoms with E-state index in [2.05, 4.69) is 15.3 Å². The molecule has 172 valence electrons. The molecule has 0 unspecified atom stereocenters. The molecule has 0 aliphatic carbocycles. The first-order valence-corrected chi connectivity index (χ1v) is 11.0. The Bertz CT molecular complexity index is 971. The van der Waals surface area contributed by atoms with E-state index in [4.69, 9.17) is 4.74 Å². The standard InChI is InChI=1S/C26H30N4O3/c1-20-18-28-23(19-27-20)26(32)30(15-9-17-33-2)16-14-24(31)29-25(21-10-5-3-6-11-21)22-12-7-4-8-13-22/h3-8,10-13,18-19,25H,9,14-17H2,1-2H3,(H,29,31). The number of carbonyl (C=O) groups is 2. The van der Waals surface area contributed by atoms with Crippen LogP contribution < -0.4 is 5.32 Å². The summed E-state index contributed by atoms with van der Waals surface area (Å²) in [5.74, 6) is -0.374. The zero-order chi connectivity index (χ0) is 23.5. The van der Waals surface area contributed by atoms with Crippen molar-refractivity contribution in [3.05, 3.63) is 95.6 Å². The molecule has 33 heavy (non-hydrogen) atoms. The molecule has 0 saturated carbocycles. The van der Waals surface area contributed by atoms with Crippen molar-refractivity contribution in [2.24, 2.45) is 0 Å². The van der Waals surface area contributed by atoms with Crippen molar-refractivity contribution in [3.63, 3.8) is 0 Å². The summed E-state index contributed by atoms with van der Waals surface area (Å²) in [7, 11) is 1.62. The Morgan fingerprint density at radius 3 is 2.12 bits per heavy atom. The van der Waals surface area contributed by atoms with Gasteiger partial charge in [0.15, 0.2) is 0 Å². The van der Waals surface area contributed by atoms with Crippen molar-refractivity contribution >= 4 is 11.8 Å². The van der Waals surface area contributed by atoms with Crippen molar-refractivity contribution in [2.75, 3.05) is 26.8 Å². The normalized spacial score (nSPS) is 10.8. The molecule has 0 bridgehead atoms. The predicted molar refractivity (Wildman–Crippen MR) is 127 cm³/mol. The molecule has 2 amide bonds. The molecule has 7 nitrogen and oxygen atoms in total.